The molecule has 4 rings (SSSR count). The summed E-state index contributed by atoms with van der Waals surface area (Å²) >= 11 is 0. The minimum Gasteiger partial charge on any atom is -0.454 e. The molecule has 0 aliphatic carbocycles. The number of rotatable bonds is 3. The summed E-state index contributed by atoms with van der Waals surface area (Å²) in [4.78, 5) is 14.5. The van der Waals surface area contributed by atoms with Gasteiger partial charge >= 0.3 is 0 Å². The zero-order valence-corrected chi connectivity index (χ0v) is 13.3. The van der Waals surface area contributed by atoms with Crippen molar-refractivity contribution in [2.75, 3.05) is 26.5 Å². The first-order chi connectivity index (χ1) is 11.8. The lowest BCUT2D eigenvalue weighted by atomic mass is 10.1. The number of benzene rings is 2. The molecule has 0 bridgehead atoms. The highest BCUT2D eigenvalue weighted by atomic mass is 16.7. The highest BCUT2D eigenvalue weighted by molar-refractivity contribution is 5.79. The number of nitrogens with zero attached hydrogens (tertiary/aromatic N) is 1. The van der Waals surface area contributed by atoms with Crippen LogP contribution in [0.2, 0.25) is 0 Å². The number of carbonyl (C=O) groups is 1. The molecule has 0 aromatic heterocycles. The molecular weight excluding hydrogens is 306 g/mol. The minimum atomic E-state index is -0.0550. The zero-order valence-electron chi connectivity index (χ0n) is 13.3. The average molecular weight is 325 g/mol. The van der Waals surface area contributed by atoms with E-state index < -0.39 is 0 Å². The lowest BCUT2D eigenvalue weighted by molar-refractivity contribution is -0.138. The van der Waals surface area contributed by atoms with Crippen molar-refractivity contribution in [2.24, 2.45) is 0 Å². The van der Waals surface area contributed by atoms with Crippen molar-refractivity contribution < 1.29 is 19.0 Å². The maximum absolute atomic E-state index is 12.6. The number of hydrogen-bond donors (Lipinski definition) is 0. The monoisotopic (exact) mass is 325 g/mol. The molecule has 1 unspecified atom stereocenters. The molecule has 0 radical (unpaired) electrons. The summed E-state index contributed by atoms with van der Waals surface area (Å²) in [5, 5.41) is 0. The molecule has 2 aliphatic heterocycles. The Labute approximate surface area is 140 Å². The molecule has 0 N–H and O–H groups in total. The number of carbonyl (C=O) groups excluding carboxylic acids is 1. The Bertz CT molecular complexity index is 731. The molecular formula is C19H19NO4. The van der Waals surface area contributed by atoms with E-state index in [1.165, 1.54) is 0 Å². The molecule has 0 spiro atoms. The second-order valence-corrected chi connectivity index (χ2v) is 5.97. The van der Waals surface area contributed by atoms with Gasteiger partial charge in [-0.05, 0) is 23.3 Å². The van der Waals surface area contributed by atoms with E-state index >= 15 is 0 Å². The van der Waals surface area contributed by atoms with Gasteiger partial charge in [0.05, 0.1) is 19.6 Å². The van der Waals surface area contributed by atoms with Crippen molar-refractivity contribution in [1.29, 1.82) is 0 Å². The lowest BCUT2D eigenvalue weighted by Gasteiger charge is -2.33. The van der Waals surface area contributed by atoms with Gasteiger partial charge in [-0.1, -0.05) is 36.4 Å². The molecule has 1 saturated heterocycles. The fourth-order valence-corrected chi connectivity index (χ4v) is 3.08. The number of hydrogen-bond acceptors (Lipinski definition) is 4. The molecule has 124 valence electrons. The maximum Gasteiger partial charge on any atom is 0.231 e. The second-order valence-electron chi connectivity index (χ2n) is 5.97. The van der Waals surface area contributed by atoms with Gasteiger partial charge < -0.3 is 19.1 Å². The van der Waals surface area contributed by atoms with Crippen molar-refractivity contribution in [3.8, 4) is 11.5 Å². The van der Waals surface area contributed by atoms with Crippen LogP contribution in [0.25, 0.3) is 0 Å². The van der Waals surface area contributed by atoms with E-state index in [4.69, 9.17) is 14.2 Å². The summed E-state index contributed by atoms with van der Waals surface area (Å²) in [5.74, 6) is 1.56. The summed E-state index contributed by atoms with van der Waals surface area (Å²) in [6.45, 7) is 2.03. The lowest BCUT2D eigenvalue weighted by Crippen LogP contribution is -2.42. The van der Waals surface area contributed by atoms with Crippen molar-refractivity contribution in [1.82, 2.24) is 4.90 Å². The fraction of sp³-hybridized carbons (Fsp3) is 0.316. The van der Waals surface area contributed by atoms with Crippen molar-refractivity contribution in [3.63, 3.8) is 0 Å². The highest BCUT2D eigenvalue weighted by Gasteiger charge is 2.25. The molecule has 1 fully saturated rings. The third kappa shape index (κ3) is 3.08. The van der Waals surface area contributed by atoms with Crippen LogP contribution in [0, 0.1) is 0 Å². The smallest absolute Gasteiger partial charge is 0.231 e. The Morgan fingerprint density at radius 2 is 1.92 bits per heavy atom. The number of fused-ring (bicyclic) bond motifs is 1. The Morgan fingerprint density at radius 3 is 2.79 bits per heavy atom. The van der Waals surface area contributed by atoms with E-state index in [2.05, 4.69) is 0 Å². The van der Waals surface area contributed by atoms with Crippen LogP contribution in [-0.2, 0) is 16.0 Å². The molecule has 1 atom stereocenters. The van der Waals surface area contributed by atoms with Crippen molar-refractivity contribution in [3.05, 3.63) is 59.7 Å². The molecule has 2 aromatic carbocycles. The SMILES string of the molecule is O=C(Cc1ccc2c(c1)OCO2)N1CCOC(c2ccccc2)C1. The standard InChI is InChI=1S/C19H19NO4/c21-19(11-14-6-7-16-17(10-14)24-13-23-16)20-8-9-22-18(12-20)15-4-2-1-3-5-15/h1-7,10,18H,8-9,11-13H2. The van der Waals surface area contributed by atoms with Crippen molar-refractivity contribution in [2.45, 2.75) is 12.5 Å². The van der Waals surface area contributed by atoms with E-state index in [1.807, 2.05) is 53.4 Å². The first-order valence-corrected chi connectivity index (χ1v) is 8.12. The van der Waals surface area contributed by atoms with Crippen LogP contribution >= 0.6 is 0 Å². The van der Waals surface area contributed by atoms with E-state index in [0.717, 1.165) is 16.9 Å². The van der Waals surface area contributed by atoms with E-state index in [0.29, 0.717) is 31.9 Å². The average Bonchev–Trinajstić information content (AvgIpc) is 3.10. The third-order valence-corrected chi connectivity index (χ3v) is 4.38. The number of amides is 1. The Morgan fingerprint density at radius 1 is 1.08 bits per heavy atom. The van der Waals surface area contributed by atoms with Crippen LogP contribution in [0.1, 0.15) is 17.2 Å². The normalized spacial score (nSPS) is 19.3. The summed E-state index contributed by atoms with van der Waals surface area (Å²) < 4.78 is 16.5. The summed E-state index contributed by atoms with van der Waals surface area (Å²) in [6, 6.07) is 15.7. The first-order valence-electron chi connectivity index (χ1n) is 8.12. The predicted octanol–water partition coefficient (Wildman–Crippen LogP) is 2.56. The van der Waals surface area contributed by atoms with Gasteiger partial charge in [-0.15, -0.1) is 0 Å². The first kappa shape index (κ1) is 15.0. The van der Waals surface area contributed by atoms with Gasteiger partial charge in [0.1, 0.15) is 6.10 Å². The Balaban J connectivity index is 1.42. The minimum absolute atomic E-state index is 0.0550. The number of ether oxygens (including phenoxy) is 3. The summed E-state index contributed by atoms with van der Waals surface area (Å²) in [5.41, 5.74) is 2.05. The van der Waals surface area contributed by atoms with Gasteiger partial charge in [-0.2, -0.15) is 0 Å². The summed E-state index contributed by atoms with van der Waals surface area (Å²) in [7, 11) is 0. The molecule has 24 heavy (non-hydrogen) atoms. The quantitative estimate of drug-likeness (QED) is 0.870. The highest BCUT2D eigenvalue weighted by Crippen LogP contribution is 2.32. The van der Waals surface area contributed by atoms with Gasteiger partial charge in [0.2, 0.25) is 12.7 Å². The maximum atomic E-state index is 12.6. The topological polar surface area (TPSA) is 48.0 Å². The molecule has 2 aromatic rings. The van der Waals surface area contributed by atoms with Crippen LogP contribution < -0.4 is 9.47 Å². The Hall–Kier alpha value is -2.53. The van der Waals surface area contributed by atoms with E-state index in [-0.39, 0.29) is 18.8 Å². The van der Waals surface area contributed by atoms with Gasteiger partial charge in [0, 0.05) is 6.54 Å². The van der Waals surface area contributed by atoms with Crippen LogP contribution in [0.5, 0.6) is 11.5 Å². The van der Waals surface area contributed by atoms with Crippen LogP contribution in [0.15, 0.2) is 48.5 Å². The van der Waals surface area contributed by atoms with Crippen LogP contribution in [0.4, 0.5) is 0 Å². The zero-order chi connectivity index (χ0) is 16.4. The molecule has 2 heterocycles. The summed E-state index contributed by atoms with van der Waals surface area (Å²) in [6.07, 6.45) is 0.304. The van der Waals surface area contributed by atoms with Gasteiger partial charge in [-0.3, -0.25) is 4.79 Å². The Kier molecular flexibility index (Phi) is 4.09. The predicted molar refractivity (Wildman–Crippen MR) is 88.0 cm³/mol. The van der Waals surface area contributed by atoms with Gasteiger partial charge in [0.25, 0.3) is 0 Å². The molecule has 0 saturated carbocycles. The van der Waals surface area contributed by atoms with Crippen LogP contribution in [-0.4, -0.2) is 37.3 Å². The fourth-order valence-electron chi connectivity index (χ4n) is 3.08. The second kappa shape index (κ2) is 6.53. The van der Waals surface area contributed by atoms with Crippen molar-refractivity contribution >= 4 is 5.91 Å². The van der Waals surface area contributed by atoms with Gasteiger partial charge in [-0.25, -0.2) is 0 Å². The molecule has 1 amide bonds. The molecule has 5 nitrogen and oxygen atoms in total. The largest absolute Gasteiger partial charge is 0.454 e. The van der Waals surface area contributed by atoms with E-state index in [9.17, 15) is 4.79 Å². The molecule has 2 aliphatic rings. The van der Waals surface area contributed by atoms with Gasteiger partial charge in [0.15, 0.2) is 11.5 Å². The van der Waals surface area contributed by atoms with E-state index in [1.54, 1.807) is 0 Å². The third-order valence-electron chi connectivity index (χ3n) is 4.38. The molecule has 5 heteroatoms. The van der Waals surface area contributed by atoms with Crippen LogP contribution in [0.3, 0.4) is 0 Å². The number of morpholine rings is 1.